The van der Waals surface area contributed by atoms with Gasteiger partial charge in [-0.05, 0) is 43.7 Å². The van der Waals surface area contributed by atoms with Crippen molar-refractivity contribution in [3.8, 4) is 16.9 Å². The molecule has 202 valence electrons. The van der Waals surface area contributed by atoms with Crippen LogP contribution in [0.1, 0.15) is 30.8 Å². The summed E-state index contributed by atoms with van der Waals surface area (Å²) in [5, 5.41) is 10.2. The number of alkyl halides is 2. The van der Waals surface area contributed by atoms with Gasteiger partial charge >= 0.3 is 6.61 Å². The number of imidazole rings is 1. The zero-order valence-corrected chi connectivity index (χ0v) is 21.3. The first-order valence-corrected chi connectivity index (χ1v) is 12.0. The van der Waals surface area contributed by atoms with E-state index in [1.165, 1.54) is 50.1 Å². The van der Waals surface area contributed by atoms with Crippen LogP contribution in [0.25, 0.3) is 22.0 Å². The normalized spacial score (nSPS) is 12.0. The quantitative estimate of drug-likeness (QED) is 0.320. The van der Waals surface area contributed by atoms with E-state index in [0.717, 1.165) is 11.6 Å². The molecule has 0 saturated carbocycles. The van der Waals surface area contributed by atoms with Crippen molar-refractivity contribution in [2.75, 3.05) is 0 Å². The van der Waals surface area contributed by atoms with Crippen LogP contribution < -0.4 is 10.3 Å². The van der Waals surface area contributed by atoms with Crippen LogP contribution in [0.2, 0.25) is 0 Å². The second-order valence-corrected chi connectivity index (χ2v) is 9.65. The number of halogens is 3. The minimum absolute atomic E-state index is 0.00568. The Morgan fingerprint density at radius 1 is 1.10 bits per heavy atom. The maximum atomic E-state index is 15.2. The predicted molar refractivity (Wildman–Crippen MR) is 137 cm³/mol. The van der Waals surface area contributed by atoms with Gasteiger partial charge in [0.1, 0.15) is 17.2 Å². The largest absolute Gasteiger partial charge is 0.434 e. The van der Waals surface area contributed by atoms with Crippen LogP contribution in [0.5, 0.6) is 5.75 Å². The number of aromatic nitrogens is 6. The molecule has 5 aromatic rings. The first kappa shape index (κ1) is 26.2. The van der Waals surface area contributed by atoms with Crippen LogP contribution in [0.4, 0.5) is 13.2 Å². The number of hydrogen-bond donors (Lipinski definition) is 1. The molecule has 0 atom stereocenters. The number of hydrogen-bond acceptors (Lipinski definition) is 6. The molecular formula is C27H25F3N6O3. The summed E-state index contributed by atoms with van der Waals surface area (Å²) in [6.07, 6.45) is 7.84. The Labute approximate surface area is 220 Å². The van der Waals surface area contributed by atoms with Crippen molar-refractivity contribution in [2.45, 2.75) is 39.1 Å². The molecule has 0 unspecified atom stereocenters. The average Bonchev–Trinajstić information content (AvgIpc) is 3.47. The lowest BCUT2D eigenvalue weighted by atomic mass is 10.1. The molecule has 0 aliphatic carbocycles. The van der Waals surface area contributed by atoms with Crippen LogP contribution in [-0.2, 0) is 25.7 Å². The Hall–Kier alpha value is -4.45. The standard InChI is InChI=1S/C27H25F3N6O3/c1-27(2,38)25-32-11-18(12-33-25)19-10-22-20(9-21(19)28)24(37)34(3)36(22)14-17-8-16(13-35-7-6-31-15-35)4-5-23(17)39-26(29)30/h4-12,15,26,38H,13-14H2,1-3H3. The van der Waals surface area contributed by atoms with Gasteiger partial charge in [0, 0.05) is 55.1 Å². The van der Waals surface area contributed by atoms with E-state index in [2.05, 4.69) is 15.0 Å². The third-order valence-electron chi connectivity index (χ3n) is 6.35. The number of ether oxygens (including phenoxy) is 1. The second-order valence-electron chi connectivity index (χ2n) is 9.65. The lowest BCUT2D eigenvalue weighted by Gasteiger charge is -2.16. The zero-order chi connectivity index (χ0) is 27.9. The maximum Gasteiger partial charge on any atom is 0.387 e. The number of nitrogens with zero attached hydrogens (tertiary/aromatic N) is 6. The highest BCUT2D eigenvalue weighted by Crippen LogP contribution is 2.29. The fourth-order valence-electron chi connectivity index (χ4n) is 4.41. The van der Waals surface area contributed by atoms with Crippen molar-refractivity contribution in [3.05, 3.63) is 94.6 Å². The number of aliphatic hydroxyl groups is 1. The summed E-state index contributed by atoms with van der Waals surface area (Å²) < 4.78 is 51.0. The van der Waals surface area contributed by atoms with Crippen LogP contribution in [0, 0.1) is 5.82 Å². The van der Waals surface area contributed by atoms with E-state index in [-0.39, 0.29) is 29.1 Å². The molecule has 0 aliphatic rings. The molecule has 2 aromatic carbocycles. The van der Waals surface area contributed by atoms with E-state index >= 15 is 4.39 Å². The lowest BCUT2D eigenvalue weighted by Crippen LogP contribution is -2.20. The van der Waals surface area contributed by atoms with E-state index in [1.54, 1.807) is 35.5 Å². The molecule has 0 aliphatic heterocycles. The van der Waals surface area contributed by atoms with Crippen molar-refractivity contribution in [1.29, 1.82) is 0 Å². The van der Waals surface area contributed by atoms with Crippen LogP contribution in [0.15, 0.2) is 66.2 Å². The molecule has 12 heteroatoms. The van der Waals surface area contributed by atoms with Gasteiger partial charge in [-0.1, -0.05) is 6.07 Å². The summed E-state index contributed by atoms with van der Waals surface area (Å²) in [6, 6.07) is 7.50. The maximum absolute atomic E-state index is 15.2. The lowest BCUT2D eigenvalue weighted by molar-refractivity contribution is -0.0505. The van der Waals surface area contributed by atoms with Gasteiger partial charge in [-0.25, -0.2) is 19.3 Å². The van der Waals surface area contributed by atoms with Gasteiger partial charge in [-0.3, -0.25) is 14.2 Å². The van der Waals surface area contributed by atoms with Gasteiger partial charge in [0.2, 0.25) is 0 Å². The van der Waals surface area contributed by atoms with E-state index in [1.807, 2.05) is 4.57 Å². The highest BCUT2D eigenvalue weighted by Gasteiger charge is 2.21. The Balaban J connectivity index is 1.60. The molecule has 0 radical (unpaired) electrons. The molecule has 9 nitrogen and oxygen atoms in total. The average molecular weight is 539 g/mol. The van der Waals surface area contributed by atoms with Crippen molar-refractivity contribution in [2.24, 2.45) is 7.05 Å². The molecule has 1 N–H and O–H groups in total. The van der Waals surface area contributed by atoms with Crippen molar-refractivity contribution in [3.63, 3.8) is 0 Å². The minimum Gasteiger partial charge on any atom is -0.434 e. The van der Waals surface area contributed by atoms with E-state index in [4.69, 9.17) is 4.74 Å². The third-order valence-corrected chi connectivity index (χ3v) is 6.35. The first-order valence-electron chi connectivity index (χ1n) is 12.0. The molecule has 0 spiro atoms. The Morgan fingerprint density at radius 2 is 1.85 bits per heavy atom. The monoisotopic (exact) mass is 538 g/mol. The minimum atomic E-state index is -3.04. The molecule has 0 amide bonds. The van der Waals surface area contributed by atoms with Crippen LogP contribution >= 0.6 is 0 Å². The van der Waals surface area contributed by atoms with Crippen molar-refractivity contribution >= 4 is 10.9 Å². The smallest absolute Gasteiger partial charge is 0.387 e. The van der Waals surface area contributed by atoms with Gasteiger partial charge in [-0.2, -0.15) is 8.78 Å². The number of benzene rings is 2. The van der Waals surface area contributed by atoms with E-state index < -0.39 is 23.6 Å². The summed E-state index contributed by atoms with van der Waals surface area (Å²) in [4.78, 5) is 25.3. The molecule has 3 aromatic heterocycles. The van der Waals surface area contributed by atoms with Gasteiger partial charge in [-0.15, -0.1) is 0 Å². The van der Waals surface area contributed by atoms with Gasteiger partial charge in [0.05, 0.1) is 23.8 Å². The zero-order valence-electron chi connectivity index (χ0n) is 21.3. The van der Waals surface area contributed by atoms with Gasteiger partial charge in [0.25, 0.3) is 5.56 Å². The van der Waals surface area contributed by atoms with E-state index in [9.17, 15) is 18.7 Å². The Morgan fingerprint density at radius 3 is 2.49 bits per heavy atom. The van der Waals surface area contributed by atoms with Crippen molar-refractivity contribution < 1.29 is 23.0 Å². The fraction of sp³-hybridized carbons (Fsp3) is 0.259. The predicted octanol–water partition coefficient (Wildman–Crippen LogP) is 4.06. The molecule has 0 bridgehead atoms. The summed E-state index contributed by atoms with van der Waals surface area (Å²) in [6.45, 7) is 0.472. The summed E-state index contributed by atoms with van der Waals surface area (Å²) >= 11 is 0. The van der Waals surface area contributed by atoms with Gasteiger partial charge < -0.3 is 14.4 Å². The molecule has 3 heterocycles. The second kappa shape index (κ2) is 10.0. The molecular weight excluding hydrogens is 513 g/mol. The Bertz CT molecular complexity index is 1690. The third kappa shape index (κ3) is 5.28. The fourth-order valence-corrected chi connectivity index (χ4v) is 4.41. The molecule has 39 heavy (non-hydrogen) atoms. The first-order chi connectivity index (χ1) is 18.5. The van der Waals surface area contributed by atoms with Gasteiger partial charge in [0.15, 0.2) is 5.82 Å². The van der Waals surface area contributed by atoms with Crippen molar-refractivity contribution in [1.82, 2.24) is 28.9 Å². The summed E-state index contributed by atoms with van der Waals surface area (Å²) in [5.74, 6) is -0.515. The van der Waals surface area contributed by atoms with Crippen LogP contribution in [0.3, 0.4) is 0 Å². The topological polar surface area (TPSA) is 100.0 Å². The Kier molecular flexibility index (Phi) is 6.73. The molecule has 0 fully saturated rings. The number of fused-ring (bicyclic) bond motifs is 1. The SMILES string of the molecule is Cn1c(=O)c2cc(F)c(-c3cnc(C(C)(C)O)nc3)cc2n1Cc1cc(Cn2ccnc2)ccc1OC(F)F. The van der Waals surface area contributed by atoms with Crippen LogP contribution in [-0.4, -0.2) is 40.6 Å². The highest BCUT2D eigenvalue weighted by atomic mass is 19.3. The number of rotatable bonds is 8. The highest BCUT2D eigenvalue weighted by molar-refractivity contribution is 5.84. The summed E-state index contributed by atoms with van der Waals surface area (Å²) in [5.41, 5.74) is 0.358. The molecule has 5 rings (SSSR count). The molecule has 0 saturated heterocycles. The summed E-state index contributed by atoms with van der Waals surface area (Å²) in [7, 11) is 1.52. The van der Waals surface area contributed by atoms with E-state index in [0.29, 0.717) is 23.2 Å².